The molecule has 0 aliphatic heterocycles. The minimum atomic E-state index is -0.410. The summed E-state index contributed by atoms with van der Waals surface area (Å²) in [7, 11) is 1.66. The lowest BCUT2D eigenvalue weighted by molar-refractivity contribution is -0.384. The fourth-order valence-corrected chi connectivity index (χ4v) is 1.36. The number of rotatable bonds is 3. The Morgan fingerprint density at radius 3 is 2.50 bits per heavy atom. The molecule has 0 spiro atoms. The Hall–Kier alpha value is -1.59. The standard InChI is InChI=1S/C8H14N4O2/c1-5(2)11-8(9-4)7(12(13)14)6(3)10-11/h5,9H,1-4H3. The van der Waals surface area contributed by atoms with E-state index in [0.717, 1.165) is 0 Å². The van der Waals surface area contributed by atoms with E-state index >= 15 is 0 Å². The molecule has 0 fully saturated rings. The normalized spacial score (nSPS) is 10.6. The number of hydrogen-bond acceptors (Lipinski definition) is 4. The third kappa shape index (κ3) is 1.55. The van der Waals surface area contributed by atoms with Crippen molar-refractivity contribution in [1.82, 2.24) is 9.78 Å². The summed E-state index contributed by atoms with van der Waals surface area (Å²) >= 11 is 0. The van der Waals surface area contributed by atoms with Crippen LogP contribution in [0.5, 0.6) is 0 Å². The van der Waals surface area contributed by atoms with E-state index < -0.39 is 4.92 Å². The second kappa shape index (κ2) is 3.65. The summed E-state index contributed by atoms with van der Waals surface area (Å²) in [6, 6.07) is 0.102. The molecule has 1 N–H and O–H groups in total. The Labute approximate surface area is 82.1 Å². The van der Waals surface area contributed by atoms with Crippen LogP contribution in [0.3, 0.4) is 0 Å². The van der Waals surface area contributed by atoms with E-state index in [1.165, 1.54) is 0 Å². The quantitative estimate of drug-likeness (QED) is 0.592. The Morgan fingerprint density at radius 1 is 1.57 bits per heavy atom. The van der Waals surface area contributed by atoms with Crippen LogP contribution in [0.1, 0.15) is 25.6 Å². The maximum absolute atomic E-state index is 10.7. The highest BCUT2D eigenvalue weighted by Gasteiger charge is 2.25. The molecule has 14 heavy (non-hydrogen) atoms. The summed E-state index contributed by atoms with van der Waals surface area (Å²) in [5, 5.41) is 17.7. The van der Waals surface area contributed by atoms with Gasteiger partial charge in [-0.25, -0.2) is 4.68 Å². The van der Waals surface area contributed by atoms with Gasteiger partial charge in [-0.3, -0.25) is 10.1 Å². The second-order valence-electron chi connectivity index (χ2n) is 3.33. The van der Waals surface area contributed by atoms with E-state index in [2.05, 4.69) is 10.4 Å². The Kier molecular flexibility index (Phi) is 2.73. The maximum atomic E-state index is 10.7. The van der Waals surface area contributed by atoms with Gasteiger partial charge in [0.2, 0.25) is 5.82 Å². The smallest absolute Gasteiger partial charge is 0.333 e. The van der Waals surface area contributed by atoms with E-state index in [1.54, 1.807) is 18.7 Å². The average molecular weight is 198 g/mol. The predicted octanol–water partition coefficient (Wildman–Crippen LogP) is 1.72. The zero-order valence-corrected chi connectivity index (χ0v) is 8.74. The molecule has 0 aromatic carbocycles. The number of nitro groups is 1. The first kappa shape index (κ1) is 10.5. The molecule has 0 bridgehead atoms. The molecule has 0 saturated carbocycles. The lowest BCUT2D eigenvalue weighted by Crippen LogP contribution is -2.07. The number of hydrogen-bond donors (Lipinski definition) is 1. The highest BCUT2D eigenvalue weighted by Crippen LogP contribution is 2.29. The van der Waals surface area contributed by atoms with Gasteiger partial charge in [0.25, 0.3) is 0 Å². The monoisotopic (exact) mass is 198 g/mol. The number of nitrogens with one attached hydrogen (secondary N) is 1. The summed E-state index contributed by atoms with van der Waals surface area (Å²) in [5.41, 5.74) is 0.495. The molecule has 0 atom stereocenters. The van der Waals surface area contributed by atoms with Crippen LogP contribution in [0.25, 0.3) is 0 Å². The van der Waals surface area contributed by atoms with Crippen LogP contribution < -0.4 is 5.32 Å². The van der Waals surface area contributed by atoms with Gasteiger partial charge in [0, 0.05) is 13.1 Å². The lowest BCUT2D eigenvalue weighted by Gasteiger charge is -2.08. The Morgan fingerprint density at radius 2 is 2.14 bits per heavy atom. The minimum absolute atomic E-state index is 0.0567. The van der Waals surface area contributed by atoms with Crippen LogP contribution in [0, 0.1) is 17.0 Å². The van der Waals surface area contributed by atoms with Crippen molar-refractivity contribution in [3.8, 4) is 0 Å². The van der Waals surface area contributed by atoms with Crippen molar-refractivity contribution in [3.63, 3.8) is 0 Å². The summed E-state index contributed by atoms with van der Waals surface area (Å²) < 4.78 is 1.62. The number of aromatic nitrogens is 2. The van der Waals surface area contributed by atoms with Gasteiger partial charge in [-0.2, -0.15) is 5.10 Å². The van der Waals surface area contributed by atoms with Crippen molar-refractivity contribution in [2.24, 2.45) is 0 Å². The summed E-state index contributed by atoms with van der Waals surface area (Å²) in [5.74, 6) is 0.461. The fraction of sp³-hybridized carbons (Fsp3) is 0.625. The van der Waals surface area contributed by atoms with Gasteiger partial charge in [0.1, 0.15) is 5.69 Å². The topological polar surface area (TPSA) is 73.0 Å². The van der Waals surface area contributed by atoms with E-state index in [4.69, 9.17) is 0 Å². The third-order valence-electron chi connectivity index (χ3n) is 1.96. The van der Waals surface area contributed by atoms with Crippen LogP contribution in [-0.2, 0) is 0 Å². The molecule has 1 aromatic heterocycles. The minimum Gasteiger partial charge on any atom is -0.368 e. The molecule has 1 heterocycles. The molecule has 1 rings (SSSR count). The molecule has 6 heteroatoms. The zero-order chi connectivity index (χ0) is 10.9. The first-order valence-corrected chi connectivity index (χ1v) is 4.40. The van der Waals surface area contributed by atoms with Crippen molar-refractivity contribution >= 4 is 11.5 Å². The van der Waals surface area contributed by atoms with Gasteiger partial charge < -0.3 is 5.32 Å². The van der Waals surface area contributed by atoms with Gasteiger partial charge in [-0.05, 0) is 20.8 Å². The van der Waals surface area contributed by atoms with E-state index in [1.807, 2.05) is 13.8 Å². The second-order valence-corrected chi connectivity index (χ2v) is 3.33. The van der Waals surface area contributed by atoms with E-state index in [9.17, 15) is 10.1 Å². The molecule has 0 radical (unpaired) electrons. The molecule has 0 unspecified atom stereocenters. The van der Waals surface area contributed by atoms with Crippen LogP contribution in [-0.4, -0.2) is 21.8 Å². The number of nitrogens with zero attached hydrogens (tertiary/aromatic N) is 3. The summed E-state index contributed by atoms with van der Waals surface area (Å²) in [4.78, 5) is 10.3. The maximum Gasteiger partial charge on any atom is 0.333 e. The van der Waals surface area contributed by atoms with Gasteiger partial charge in [-0.15, -0.1) is 0 Å². The molecule has 6 nitrogen and oxygen atoms in total. The first-order chi connectivity index (χ1) is 6.49. The molecule has 0 saturated heterocycles. The Balaban J connectivity index is 3.35. The lowest BCUT2D eigenvalue weighted by atomic mass is 10.3. The van der Waals surface area contributed by atoms with Crippen LogP contribution >= 0.6 is 0 Å². The van der Waals surface area contributed by atoms with E-state index in [0.29, 0.717) is 11.5 Å². The molecule has 0 amide bonds. The van der Waals surface area contributed by atoms with Gasteiger partial charge in [-0.1, -0.05) is 0 Å². The van der Waals surface area contributed by atoms with Crippen LogP contribution in [0.4, 0.5) is 11.5 Å². The first-order valence-electron chi connectivity index (χ1n) is 4.40. The fourth-order valence-electron chi connectivity index (χ4n) is 1.36. The van der Waals surface area contributed by atoms with E-state index in [-0.39, 0.29) is 11.7 Å². The van der Waals surface area contributed by atoms with Crippen molar-refractivity contribution in [2.75, 3.05) is 12.4 Å². The van der Waals surface area contributed by atoms with Crippen LogP contribution in [0.2, 0.25) is 0 Å². The van der Waals surface area contributed by atoms with Crippen molar-refractivity contribution < 1.29 is 4.92 Å². The molecule has 1 aromatic rings. The van der Waals surface area contributed by atoms with Crippen LogP contribution in [0.15, 0.2) is 0 Å². The molecule has 0 aliphatic rings. The zero-order valence-electron chi connectivity index (χ0n) is 8.74. The van der Waals surface area contributed by atoms with Crippen molar-refractivity contribution in [1.29, 1.82) is 0 Å². The van der Waals surface area contributed by atoms with Crippen molar-refractivity contribution in [2.45, 2.75) is 26.8 Å². The molecule has 78 valence electrons. The highest BCUT2D eigenvalue weighted by atomic mass is 16.6. The summed E-state index contributed by atoms with van der Waals surface area (Å²) in [6.45, 7) is 5.49. The van der Waals surface area contributed by atoms with Gasteiger partial charge >= 0.3 is 5.69 Å². The predicted molar refractivity (Wildman–Crippen MR) is 53.6 cm³/mol. The number of anilines is 1. The molecular weight excluding hydrogens is 184 g/mol. The number of aryl methyl sites for hydroxylation is 1. The molecule has 0 aliphatic carbocycles. The third-order valence-corrected chi connectivity index (χ3v) is 1.96. The largest absolute Gasteiger partial charge is 0.368 e. The van der Waals surface area contributed by atoms with Gasteiger partial charge in [0.05, 0.1) is 4.92 Å². The highest BCUT2D eigenvalue weighted by molar-refractivity contribution is 5.59. The molecular formula is C8H14N4O2. The Bertz CT molecular complexity index is 356. The van der Waals surface area contributed by atoms with Gasteiger partial charge in [0.15, 0.2) is 0 Å². The summed E-state index contributed by atoms with van der Waals surface area (Å²) in [6.07, 6.45) is 0. The average Bonchev–Trinajstić information content (AvgIpc) is 2.41. The SMILES string of the molecule is CNc1c([N+](=O)[O-])c(C)nn1C(C)C. The van der Waals surface area contributed by atoms with Crippen molar-refractivity contribution in [3.05, 3.63) is 15.8 Å².